The Labute approximate surface area is 116 Å². The summed E-state index contributed by atoms with van der Waals surface area (Å²) in [6, 6.07) is 6.29. The first kappa shape index (κ1) is 14.4. The molecule has 2 rings (SSSR count). The summed E-state index contributed by atoms with van der Waals surface area (Å²) in [4.78, 5) is 2.47. The van der Waals surface area contributed by atoms with Crippen LogP contribution in [0.5, 0.6) is 0 Å². The van der Waals surface area contributed by atoms with Crippen molar-refractivity contribution in [3.8, 4) is 0 Å². The summed E-state index contributed by atoms with van der Waals surface area (Å²) in [6.45, 7) is 8.29. The first-order chi connectivity index (χ1) is 9.19. The third-order valence-corrected chi connectivity index (χ3v) is 3.71. The van der Waals surface area contributed by atoms with Crippen LogP contribution < -0.4 is 5.73 Å². The molecule has 0 amide bonds. The van der Waals surface area contributed by atoms with Crippen molar-refractivity contribution in [3.63, 3.8) is 0 Å². The summed E-state index contributed by atoms with van der Waals surface area (Å²) in [5.41, 5.74) is 9.49. The smallest absolute Gasteiger partial charge is 0.0702 e. The highest BCUT2D eigenvalue weighted by molar-refractivity contribution is 5.48. The van der Waals surface area contributed by atoms with E-state index in [4.69, 9.17) is 10.5 Å². The Morgan fingerprint density at radius 3 is 3.05 bits per heavy atom. The standard InChI is InChI=1S/C16H26N2O/c1-3-9-19-15-5-4-8-18(12-15)11-14-10-13(2)6-7-16(14)17/h6-7,10,15H,3-5,8-9,11-12,17H2,1-2H3. The summed E-state index contributed by atoms with van der Waals surface area (Å²) >= 11 is 0. The fourth-order valence-corrected chi connectivity index (χ4v) is 2.69. The van der Waals surface area contributed by atoms with Crippen LogP contribution in [-0.4, -0.2) is 30.7 Å². The van der Waals surface area contributed by atoms with Gasteiger partial charge < -0.3 is 10.5 Å². The lowest BCUT2D eigenvalue weighted by molar-refractivity contribution is -0.00218. The summed E-state index contributed by atoms with van der Waals surface area (Å²) < 4.78 is 5.88. The number of anilines is 1. The molecular formula is C16H26N2O. The second-order valence-corrected chi connectivity index (χ2v) is 5.57. The third kappa shape index (κ3) is 4.22. The molecule has 0 spiro atoms. The SMILES string of the molecule is CCCOC1CCCN(Cc2cc(C)ccc2N)C1. The Bertz CT molecular complexity index is 406. The van der Waals surface area contributed by atoms with Gasteiger partial charge in [-0.25, -0.2) is 0 Å². The van der Waals surface area contributed by atoms with E-state index >= 15 is 0 Å². The van der Waals surface area contributed by atoms with Crippen molar-refractivity contribution in [2.24, 2.45) is 0 Å². The Hall–Kier alpha value is -1.06. The van der Waals surface area contributed by atoms with Crippen LogP contribution >= 0.6 is 0 Å². The lowest BCUT2D eigenvalue weighted by atomic mass is 10.1. The van der Waals surface area contributed by atoms with Gasteiger partial charge in [0.15, 0.2) is 0 Å². The molecule has 106 valence electrons. The predicted octanol–water partition coefficient (Wildman–Crippen LogP) is 2.97. The van der Waals surface area contributed by atoms with E-state index < -0.39 is 0 Å². The third-order valence-electron chi connectivity index (χ3n) is 3.71. The molecule has 1 aromatic rings. The monoisotopic (exact) mass is 262 g/mol. The number of benzene rings is 1. The van der Waals surface area contributed by atoms with Crippen LogP contribution in [0.25, 0.3) is 0 Å². The molecule has 1 aliphatic heterocycles. The largest absolute Gasteiger partial charge is 0.398 e. The van der Waals surface area contributed by atoms with Crippen molar-refractivity contribution in [2.45, 2.75) is 45.8 Å². The van der Waals surface area contributed by atoms with Gasteiger partial charge >= 0.3 is 0 Å². The first-order valence-corrected chi connectivity index (χ1v) is 7.38. The molecule has 0 aromatic heterocycles. The number of hydrogen-bond acceptors (Lipinski definition) is 3. The average molecular weight is 262 g/mol. The van der Waals surface area contributed by atoms with Crippen molar-refractivity contribution in [1.29, 1.82) is 0 Å². The highest BCUT2D eigenvalue weighted by Crippen LogP contribution is 2.20. The number of nitrogens with zero attached hydrogens (tertiary/aromatic N) is 1. The molecule has 1 saturated heterocycles. The van der Waals surface area contributed by atoms with Crippen molar-refractivity contribution in [1.82, 2.24) is 4.90 Å². The van der Waals surface area contributed by atoms with E-state index in [0.717, 1.165) is 38.3 Å². The van der Waals surface area contributed by atoms with E-state index in [1.54, 1.807) is 0 Å². The molecular weight excluding hydrogens is 236 g/mol. The van der Waals surface area contributed by atoms with E-state index in [9.17, 15) is 0 Å². The summed E-state index contributed by atoms with van der Waals surface area (Å²) in [6.07, 6.45) is 3.92. The first-order valence-electron chi connectivity index (χ1n) is 7.38. The Morgan fingerprint density at radius 1 is 1.42 bits per heavy atom. The normalized spacial score (nSPS) is 20.6. The molecule has 3 heteroatoms. The Kier molecular flexibility index (Phi) is 5.23. The number of rotatable bonds is 5. The van der Waals surface area contributed by atoms with Crippen LogP contribution in [0.3, 0.4) is 0 Å². The number of nitrogen functional groups attached to an aromatic ring is 1. The van der Waals surface area contributed by atoms with Gasteiger partial charge in [0.1, 0.15) is 0 Å². The van der Waals surface area contributed by atoms with Gasteiger partial charge in [0, 0.05) is 25.4 Å². The van der Waals surface area contributed by atoms with Gasteiger partial charge in [-0.2, -0.15) is 0 Å². The number of aryl methyl sites for hydroxylation is 1. The number of hydrogen-bond donors (Lipinski definition) is 1. The molecule has 0 bridgehead atoms. The highest BCUT2D eigenvalue weighted by atomic mass is 16.5. The van der Waals surface area contributed by atoms with E-state index in [1.165, 1.54) is 24.0 Å². The fourth-order valence-electron chi connectivity index (χ4n) is 2.69. The zero-order valence-electron chi connectivity index (χ0n) is 12.2. The molecule has 1 atom stereocenters. The molecule has 1 fully saturated rings. The zero-order chi connectivity index (χ0) is 13.7. The maximum Gasteiger partial charge on any atom is 0.0702 e. The summed E-state index contributed by atoms with van der Waals surface area (Å²) in [5.74, 6) is 0. The lowest BCUT2D eigenvalue weighted by Gasteiger charge is -2.33. The van der Waals surface area contributed by atoms with Gasteiger partial charge in [0.2, 0.25) is 0 Å². The minimum atomic E-state index is 0.403. The minimum Gasteiger partial charge on any atom is -0.398 e. The van der Waals surface area contributed by atoms with Gasteiger partial charge in [-0.15, -0.1) is 0 Å². The average Bonchev–Trinajstić information content (AvgIpc) is 2.41. The van der Waals surface area contributed by atoms with Crippen LogP contribution in [-0.2, 0) is 11.3 Å². The molecule has 0 saturated carbocycles. The lowest BCUT2D eigenvalue weighted by Crippen LogP contribution is -2.39. The van der Waals surface area contributed by atoms with Crippen LogP contribution in [0, 0.1) is 6.92 Å². The Morgan fingerprint density at radius 2 is 2.26 bits per heavy atom. The molecule has 0 aliphatic carbocycles. The number of nitrogens with two attached hydrogens (primary N) is 1. The second-order valence-electron chi connectivity index (χ2n) is 5.57. The van der Waals surface area contributed by atoms with Crippen molar-refractivity contribution >= 4 is 5.69 Å². The highest BCUT2D eigenvalue weighted by Gasteiger charge is 2.20. The van der Waals surface area contributed by atoms with Crippen LogP contribution in [0.1, 0.15) is 37.3 Å². The molecule has 1 aliphatic rings. The van der Waals surface area contributed by atoms with Crippen LogP contribution in [0.2, 0.25) is 0 Å². The maximum atomic E-state index is 6.06. The van der Waals surface area contributed by atoms with Crippen molar-refractivity contribution in [3.05, 3.63) is 29.3 Å². The number of piperidine rings is 1. The van der Waals surface area contributed by atoms with E-state index in [2.05, 4.69) is 30.9 Å². The Balaban J connectivity index is 1.93. The number of ether oxygens (including phenoxy) is 1. The quantitative estimate of drug-likeness (QED) is 0.829. The van der Waals surface area contributed by atoms with Crippen molar-refractivity contribution in [2.75, 3.05) is 25.4 Å². The van der Waals surface area contributed by atoms with E-state index in [1.807, 2.05) is 6.07 Å². The van der Waals surface area contributed by atoms with Gasteiger partial charge in [-0.05, 0) is 44.4 Å². The molecule has 1 unspecified atom stereocenters. The van der Waals surface area contributed by atoms with Crippen LogP contribution in [0.4, 0.5) is 5.69 Å². The van der Waals surface area contributed by atoms with Crippen molar-refractivity contribution < 1.29 is 4.74 Å². The fraction of sp³-hybridized carbons (Fsp3) is 0.625. The van der Waals surface area contributed by atoms with E-state index in [0.29, 0.717) is 6.10 Å². The van der Waals surface area contributed by atoms with Gasteiger partial charge in [-0.1, -0.05) is 24.6 Å². The van der Waals surface area contributed by atoms with Crippen LogP contribution in [0.15, 0.2) is 18.2 Å². The summed E-state index contributed by atoms with van der Waals surface area (Å²) in [5, 5.41) is 0. The molecule has 3 nitrogen and oxygen atoms in total. The predicted molar refractivity (Wildman–Crippen MR) is 80.1 cm³/mol. The van der Waals surface area contributed by atoms with Gasteiger partial charge in [0.05, 0.1) is 6.10 Å². The topological polar surface area (TPSA) is 38.5 Å². The molecule has 1 aromatic carbocycles. The molecule has 19 heavy (non-hydrogen) atoms. The molecule has 0 radical (unpaired) electrons. The minimum absolute atomic E-state index is 0.403. The number of likely N-dealkylation sites (tertiary alicyclic amines) is 1. The van der Waals surface area contributed by atoms with Gasteiger partial charge in [0.25, 0.3) is 0 Å². The van der Waals surface area contributed by atoms with Gasteiger partial charge in [-0.3, -0.25) is 4.90 Å². The molecule has 1 heterocycles. The zero-order valence-corrected chi connectivity index (χ0v) is 12.2. The second kappa shape index (κ2) is 6.92. The molecule has 2 N–H and O–H groups in total. The summed E-state index contributed by atoms with van der Waals surface area (Å²) in [7, 11) is 0. The van der Waals surface area contributed by atoms with E-state index in [-0.39, 0.29) is 0 Å². The maximum absolute atomic E-state index is 6.06.